The summed E-state index contributed by atoms with van der Waals surface area (Å²) < 4.78 is 6.14. The van der Waals surface area contributed by atoms with Gasteiger partial charge in [-0.05, 0) is 36.2 Å². The van der Waals surface area contributed by atoms with Crippen LogP contribution in [-0.4, -0.2) is 27.5 Å². The van der Waals surface area contributed by atoms with E-state index >= 15 is 0 Å². The lowest BCUT2D eigenvalue weighted by molar-refractivity contribution is 0.0207. The number of hydrogen-bond acceptors (Lipinski definition) is 4. The molecule has 0 N–H and O–H groups in total. The van der Waals surface area contributed by atoms with E-state index in [0.29, 0.717) is 12.6 Å². The molecule has 2 aromatic heterocycles. The zero-order valence-corrected chi connectivity index (χ0v) is 14.0. The molecule has 3 heterocycles. The topological polar surface area (TPSA) is 38.2 Å². The average molecular weight is 331 g/mol. The summed E-state index contributed by atoms with van der Waals surface area (Å²) in [6.45, 7) is 1.45. The molecule has 4 rings (SSSR count). The lowest BCUT2D eigenvalue weighted by atomic mass is 10.1. The van der Waals surface area contributed by atoms with Crippen LogP contribution in [0.15, 0.2) is 79.1 Å². The second-order valence-electron chi connectivity index (χ2n) is 6.28. The largest absolute Gasteiger partial charge is 0.356 e. The van der Waals surface area contributed by atoms with Gasteiger partial charge in [0.05, 0.1) is 18.0 Å². The molecule has 25 heavy (non-hydrogen) atoms. The Labute approximate surface area is 148 Å². The Morgan fingerprint density at radius 3 is 2.36 bits per heavy atom. The molecule has 4 nitrogen and oxygen atoms in total. The number of pyridine rings is 2. The van der Waals surface area contributed by atoms with Crippen molar-refractivity contribution >= 4 is 0 Å². The minimum absolute atomic E-state index is 0.128. The lowest BCUT2D eigenvalue weighted by Crippen LogP contribution is -2.34. The number of benzene rings is 1. The van der Waals surface area contributed by atoms with E-state index < -0.39 is 0 Å². The van der Waals surface area contributed by atoms with Crippen LogP contribution in [0.5, 0.6) is 0 Å². The van der Waals surface area contributed by atoms with Gasteiger partial charge in [0.1, 0.15) is 0 Å². The molecule has 0 radical (unpaired) electrons. The summed E-state index contributed by atoms with van der Waals surface area (Å²) in [5.74, 6) is 0. The molecule has 2 atom stereocenters. The van der Waals surface area contributed by atoms with Crippen molar-refractivity contribution in [3.05, 3.63) is 96.1 Å². The number of nitrogens with zero attached hydrogens (tertiary/aromatic N) is 3. The van der Waals surface area contributed by atoms with Crippen LogP contribution < -0.4 is 0 Å². The van der Waals surface area contributed by atoms with Crippen molar-refractivity contribution in [3.8, 4) is 0 Å². The smallest absolute Gasteiger partial charge is 0.154 e. The van der Waals surface area contributed by atoms with Gasteiger partial charge >= 0.3 is 0 Å². The van der Waals surface area contributed by atoms with Crippen molar-refractivity contribution in [2.45, 2.75) is 25.2 Å². The van der Waals surface area contributed by atoms with Gasteiger partial charge in [-0.15, -0.1) is 0 Å². The molecule has 1 aliphatic rings. The van der Waals surface area contributed by atoms with Crippen LogP contribution in [0.1, 0.15) is 23.2 Å². The molecular formula is C21H21N3O. The molecule has 1 unspecified atom stereocenters. The summed E-state index contributed by atoms with van der Waals surface area (Å²) in [6, 6.07) is 22.9. The molecular weight excluding hydrogens is 310 g/mol. The first-order valence-corrected chi connectivity index (χ1v) is 8.62. The zero-order chi connectivity index (χ0) is 16.9. The highest BCUT2D eigenvalue weighted by Gasteiger charge is 2.36. The fraction of sp³-hybridized carbons (Fsp3) is 0.238. The van der Waals surface area contributed by atoms with Gasteiger partial charge in [-0.1, -0.05) is 42.5 Å². The van der Waals surface area contributed by atoms with Crippen LogP contribution >= 0.6 is 0 Å². The van der Waals surface area contributed by atoms with E-state index in [1.165, 1.54) is 5.56 Å². The Kier molecular flexibility index (Phi) is 4.81. The summed E-state index contributed by atoms with van der Waals surface area (Å²) in [4.78, 5) is 11.4. The first kappa shape index (κ1) is 15.9. The third-order valence-electron chi connectivity index (χ3n) is 4.54. The average Bonchev–Trinajstić information content (AvgIpc) is 3.06. The lowest BCUT2D eigenvalue weighted by Gasteiger charge is -2.27. The van der Waals surface area contributed by atoms with Gasteiger partial charge in [-0.3, -0.25) is 14.9 Å². The number of rotatable bonds is 5. The monoisotopic (exact) mass is 331 g/mol. The molecule has 1 aliphatic heterocycles. The van der Waals surface area contributed by atoms with Crippen molar-refractivity contribution in [1.82, 2.24) is 14.9 Å². The second-order valence-corrected chi connectivity index (χ2v) is 6.28. The molecule has 0 aliphatic carbocycles. The predicted octanol–water partition coefficient (Wildman–Crippen LogP) is 3.62. The van der Waals surface area contributed by atoms with E-state index in [1.54, 1.807) is 0 Å². The van der Waals surface area contributed by atoms with Crippen LogP contribution in [0.4, 0.5) is 0 Å². The molecule has 0 amide bonds. The maximum Gasteiger partial charge on any atom is 0.154 e. The Morgan fingerprint density at radius 2 is 1.64 bits per heavy atom. The minimum Gasteiger partial charge on any atom is -0.356 e. The molecule has 1 saturated heterocycles. The van der Waals surface area contributed by atoms with Gasteiger partial charge in [-0.25, -0.2) is 0 Å². The van der Waals surface area contributed by atoms with E-state index in [4.69, 9.17) is 4.74 Å². The molecule has 0 spiro atoms. The SMILES string of the molecule is c1ccc(C[C@H]2COC(c3ccccn3)N2Cc2ccccn2)cc1. The second kappa shape index (κ2) is 7.55. The normalized spacial score (nSPS) is 20.6. The molecule has 0 bridgehead atoms. The summed E-state index contributed by atoms with van der Waals surface area (Å²) in [6.07, 6.45) is 4.49. The first-order chi connectivity index (χ1) is 12.4. The zero-order valence-electron chi connectivity index (χ0n) is 14.0. The van der Waals surface area contributed by atoms with E-state index in [1.807, 2.05) is 42.7 Å². The van der Waals surface area contributed by atoms with E-state index in [0.717, 1.165) is 24.4 Å². The summed E-state index contributed by atoms with van der Waals surface area (Å²) >= 11 is 0. The summed E-state index contributed by atoms with van der Waals surface area (Å²) in [5.41, 5.74) is 3.32. The first-order valence-electron chi connectivity index (χ1n) is 8.62. The van der Waals surface area contributed by atoms with Crippen LogP contribution in [0.25, 0.3) is 0 Å². The van der Waals surface area contributed by atoms with Crippen molar-refractivity contribution in [3.63, 3.8) is 0 Å². The third kappa shape index (κ3) is 3.76. The Morgan fingerprint density at radius 1 is 0.880 bits per heavy atom. The van der Waals surface area contributed by atoms with Crippen LogP contribution in [0.3, 0.4) is 0 Å². The van der Waals surface area contributed by atoms with Crippen LogP contribution in [-0.2, 0) is 17.7 Å². The Hall–Kier alpha value is -2.56. The quantitative estimate of drug-likeness (QED) is 0.716. The van der Waals surface area contributed by atoms with Crippen LogP contribution in [0, 0.1) is 0 Å². The van der Waals surface area contributed by atoms with Crippen LogP contribution in [0.2, 0.25) is 0 Å². The van der Waals surface area contributed by atoms with Gasteiger partial charge in [-0.2, -0.15) is 0 Å². The number of aromatic nitrogens is 2. The number of ether oxygens (including phenoxy) is 1. The fourth-order valence-corrected chi connectivity index (χ4v) is 3.32. The van der Waals surface area contributed by atoms with Crippen molar-refractivity contribution in [1.29, 1.82) is 0 Å². The van der Waals surface area contributed by atoms with E-state index in [2.05, 4.69) is 51.3 Å². The minimum atomic E-state index is -0.128. The fourth-order valence-electron chi connectivity index (χ4n) is 3.32. The van der Waals surface area contributed by atoms with Crippen molar-refractivity contribution in [2.24, 2.45) is 0 Å². The van der Waals surface area contributed by atoms with Gasteiger partial charge in [0.15, 0.2) is 6.23 Å². The third-order valence-corrected chi connectivity index (χ3v) is 4.54. The number of hydrogen-bond donors (Lipinski definition) is 0. The molecule has 126 valence electrons. The Bertz CT molecular complexity index is 780. The summed E-state index contributed by atoms with van der Waals surface area (Å²) in [7, 11) is 0. The highest BCUT2D eigenvalue weighted by atomic mass is 16.5. The van der Waals surface area contributed by atoms with Gasteiger partial charge in [0, 0.05) is 25.0 Å². The molecule has 1 aromatic carbocycles. The molecule has 0 saturated carbocycles. The summed E-state index contributed by atoms with van der Waals surface area (Å²) in [5, 5.41) is 0. The van der Waals surface area contributed by atoms with Gasteiger partial charge in [0.2, 0.25) is 0 Å². The Balaban J connectivity index is 1.59. The van der Waals surface area contributed by atoms with Crippen molar-refractivity contribution < 1.29 is 4.74 Å². The predicted molar refractivity (Wildman–Crippen MR) is 96.6 cm³/mol. The molecule has 4 heteroatoms. The van der Waals surface area contributed by atoms with Gasteiger partial charge in [0.25, 0.3) is 0 Å². The van der Waals surface area contributed by atoms with Gasteiger partial charge < -0.3 is 4.74 Å². The standard InChI is InChI=1S/C21H21N3O/c1-2-8-17(9-3-1)14-19-16-25-21(20-11-5-7-13-23-20)24(19)15-18-10-4-6-12-22-18/h1-13,19,21H,14-16H2/t19-,21?/m0/s1. The highest BCUT2D eigenvalue weighted by molar-refractivity contribution is 5.18. The molecule has 1 fully saturated rings. The van der Waals surface area contributed by atoms with Crippen molar-refractivity contribution in [2.75, 3.05) is 6.61 Å². The maximum absolute atomic E-state index is 6.14. The maximum atomic E-state index is 6.14. The highest BCUT2D eigenvalue weighted by Crippen LogP contribution is 2.32. The molecule has 3 aromatic rings. The van der Waals surface area contributed by atoms with E-state index in [-0.39, 0.29) is 6.23 Å². The van der Waals surface area contributed by atoms with E-state index in [9.17, 15) is 0 Å².